The molecular weight excluding hydrogens is 374 g/mol. The molecule has 0 bridgehead atoms. The third-order valence-electron chi connectivity index (χ3n) is 3.56. The Bertz CT molecular complexity index is 1030. The Hall–Kier alpha value is -3.52. The molecule has 0 aliphatic carbocycles. The minimum absolute atomic E-state index is 0.0650. The van der Waals surface area contributed by atoms with Crippen molar-refractivity contribution in [3.8, 4) is 11.5 Å². The number of ether oxygens (including phenoxy) is 1. The quantitative estimate of drug-likeness (QED) is 0.368. The summed E-state index contributed by atoms with van der Waals surface area (Å²) in [6.45, 7) is 0. The maximum Gasteiger partial charge on any atom is 0.337 e. The lowest BCUT2D eigenvalue weighted by atomic mass is 10.1. The average Bonchev–Trinajstić information content (AvgIpc) is 3.18. The number of nitro benzene ring substituents is 1. The number of hydrogen-bond acceptors (Lipinski definition) is 7. The van der Waals surface area contributed by atoms with Crippen molar-refractivity contribution in [3.05, 3.63) is 75.7 Å². The Morgan fingerprint density at radius 1 is 1.22 bits per heavy atom. The number of carbonyl (C=O) groups excluding carboxylic acids is 1. The van der Waals surface area contributed by atoms with Gasteiger partial charge in [0.15, 0.2) is 0 Å². The van der Waals surface area contributed by atoms with Crippen molar-refractivity contribution >= 4 is 34.4 Å². The van der Waals surface area contributed by atoms with Crippen molar-refractivity contribution < 1.29 is 18.9 Å². The van der Waals surface area contributed by atoms with E-state index in [2.05, 4.69) is 14.9 Å². The number of esters is 1. The molecule has 0 fully saturated rings. The third-order valence-corrected chi connectivity index (χ3v) is 3.83. The summed E-state index contributed by atoms with van der Waals surface area (Å²) >= 11 is 6.22. The zero-order valence-electron chi connectivity index (χ0n) is 14.0. The summed E-state index contributed by atoms with van der Waals surface area (Å²) in [5.74, 6) is -0.258. The monoisotopic (exact) mass is 385 g/mol. The summed E-state index contributed by atoms with van der Waals surface area (Å²) in [4.78, 5) is 21.8. The molecule has 0 radical (unpaired) electrons. The van der Waals surface area contributed by atoms with Gasteiger partial charge in [0.25, 0.3) is 11.6 Å². The summed E-state index contributed by atoms with van der Waals surface area (Å²) < 4.78 is 10.1. The van der Waals surface area contributed by atoms with Crippen LogP contribution in [-0.2, 0) is 4.74 Å². The van der Waals surface area contributed by atoms with Crippen LogP contribution in [0.1, 0.15) is 21.8 Å². The van der Waals surface area contributed by atoms with Crippen LogP contribution < -0.4 is 0 Å². The van der Waals surface area contributed by atoms with Crippen molar-refractivity contribution in [3.63, 3.8) is 0 Å². The van der Waals surface area contributed by atoms with Gasteiger partial charge in [-0.3, -0.25) is 10.1 Å². The Kier molecular flexibility index (Phi) is 5.28. The number of methoxy groups -OCH3 is 1. The molecule has 136 valence electrons. The standard InChI is InChI=1S/C18H12ClN3O5/c1-26-18(23)12-7-5-11(6-8-12)9-15(19)17-21-20-16(27-17)13-3-2-4-14(10-13)22(24)25/h2-10H,1H3/b15-9-. The molecule has 9 heteroatoms. The van der Waals surface area contributed by atoms with Gasteiger partial charge in [0.2, 0.25) is 5.89 Å². The van der Waals surface area contributed by atoms with Gasteiger partial charge < -0.3 is 9.15 Å². The third kappa shape index (κ3) is 4.18. The number of halogens is 1. The van der Waals surface area contributed by atoms with Crippen LogP contribution in [0.5, 0.6) is 0 Å². The maximum atomic E-state index is 11.4. The van der Waals surface area contributed by atoms with Crippen LogP contribution >= 0.6 is 11.6 Å². The van der Waals surface area contributed by atoms with Crippen LogP contribution in [0.15, 0.2) is 52.9 Å². The van der Waals surface area contributed by atoms with Crippen molar-refractivity contribution in [1.82, 2.24) is 10.2 Å². The number of hydrogen-bond donors (Lipinski definition) is 0. The Morgan fingerprint density at radius 3 is 2.63 bits per heavy atom. The van der Waals surface area contributed by atoms with E-state index in [0.717, 1.165) is 0 Å². The number of non-ortho nitro benzene ring substituents is 1. The van der Waals surface area contributed by atoms with Crippen LogP contribution in [0, 0.1) is 10.1 Å². The molecule has 0 amide bonds. The summed E-state index contributed by atoms with van der Waals surface area (Å²) in [6.07, 6.45) is 1.59. The van der Waals surface area contributed by atoms with Gasteiger partial charge in [0, 0.05) is 17.7 Å². The topological polar surface area (TPSA) is 108 Å². The van der Waals surface area contributed by atoms with E-state index in [4.69, 9.17) is 16.0 Å². The molecule has 1 heterocycles. The van der Waals surface area contributed by atoms with E-state index in [0.29, 0.717) is 16.7 Å². The van der Waals surface area contributed by atoms with Crippen molar-refractivity contribution in [2.45, 2.75) is 0 Å². The highest BCUT2D eigenvalue weighted by atomic mass is 35.5. The summed E-state index contributed by atoms with van der Waals surface area (Å²) in [5.41, 5.74) is 1.45. The number of aromatic nitrogens is 2. The molecule has 0 N–H and O–H groups in total. The highest BCUT2D eigenvalue weighted by molar-refractivity contribution is 6.50. The van der Waals surface area contributed by atoms with Crippen LogP contribution in [0.3, 0.4) is 0 Å². The second-order valence-electron chi connectivity index (χ2n) is 5.33. The van der Waals surface area contributed by atoms with Crippen molar-refractivity contribution in [2.24, 2.45) is 0 Å². The molecule has 0 saturated carbocycles. The molecule has 8 nitrogen and oxygen atoms in total. The second kappa shape index (κ2) is 7.79. The fourth-order valence-corrected chi connectivity index (χ4v) is 2.43. The minimum Gasteiger partial charge on any atom is -0.465 e. The number of nitrogens with zero attached hydrogens (tertiary/aromatic N) is 3. The fraction of sp³-hybridized carbons (Fsp3) is 0.0556. The number of carbonyl (C=O) groups is 1. The van der Waals surface area contributed by atoms with E-state index in [-0.39, 0.29) is 22.5 Å². The van der Waals surface area contributed by atoms with Gasteiger partial charge in [-0.15, -0.1) is 10.2 Å². The number of nitro groups is 1. The lowest BCUT2D eigenvalue weighted by Gasteiger charge is -2.00. The molecule has 0 spiro atoms. The molecule has 27 heavy (non-hydrogen) atoms. The molecule has 0 aliphatic rings. The molecule has 0 atom stereocenters. The van der Waals surface area contributed by atoms with Crippen LogP contribution in [0.2, 0.25) is 0 Å². The van der Waals surface area contributed by atoms with Gasteiger partial charge in [-0.25, -0.2) is 4.79 Å². The highest BCUT2D eigenvalue weighted by Gasteiger charge is 2.14. The molecule has 0 aliphatic heterocycles. The first-order chi connectivity index (χ1) is 13.0. The predicted molar refractivity (Wildman–Crippen MR) is 97.9 cm³/mol. The van der Waals surface area contributed by atoms with Gasteiger partial charge in [-0.05, 0) is 29.8 Å². The maximum absolute atomic E-state index is 11.4. The molecule has 0 unspecified atom stereocenters. The molecule has 1 aromatic heterocycles. The van der Waals surface area contributed by atoms with E-state index in [1.807, 2.05) is 0 Å². The average molecular weight is 386 g/mol. The number of benzene rings is 2. The van der Waals surface area contributed by atoms with Gasteiger partial charge in [0.05, 0.1) is 17.6 Å². The minimum atomic E-state index is -0.508. The largest absolute Gasteiger partial charge is 0.465 e. The Morgan fingerprint density at radius 2 is 1.96 bits per heavy atom. The normalized spacial score (nSPS) is 11.3. The van der Waals surface area contributed by atoms with E-state index >= 15 is 0 Å². The first kappa shape index (κ1) is 18.3. The van der Waals surface area contributed by atoms with E-state index in [1.54, 1.807) is 36.4 Å². The van der Waals surface area contributed by atoms with Gasteiger partial charge >= 0.3 is 5.97 Å². The Labute approximate surface area is 158 Å². The lowest BCUT2D eigenvalue weighted by molar-refractivity contribution is -0.384. The SMILES string of the molecule is COC(=O)c1ccc(/C=C(\Cl)c2nnc(-c3cccc([N+](=O)[O-])c3)o2)cc1. The van der Waals surface area contributed by atoms with E-state index in [1.165, 1.54) is 25.3 Å². The van der Waals surface area contributed by atoms with Crippen molar-refractivity contribution in [2.75, 3.05) is 7.11 Å². The van der Waals surface area contributed by atoms with E-state index < -0.39 is 10.9 Å². The first-order valence-electron chi connectivity index (χ1n) is 7.62. The predicted octanol–water partition coefficient (Wildman–Crippen LogP) is 4.17. The molecule has 3 rings (SSSR count). The molecule has 2 aromatic carbocycles. The second-order valence-corrected chi connectivity index (χ2v) is 5.73. The molecule has 3 aromatic rings. The zero-order chi connectivity index (χ0) is 19.4. The lowest BCUT2D eigenvalue weighted by Crippen LogP contribution is -2.00. The van der Waals surface area contributed by atoms with Gasteiger partial charge in [-0.1, -0.05) is 29.8 Å². The van der Waals surface area contributed by atoms with Crippen LogP contribution in [0.4, 0.5) is 5.69 Å². The number of rotatable bonds is 5. The molecular formula is C18H12ClN3O5. The van der Waals surface area contributed by atoms with Crippen LogP contribution in [-0.4, -0.2) is 28.2 Å². The zero-order valence-corrected chi connectivity index (χ0v) is 14.7. The summed E-state index contributed by atoms with van der Waals surface area (Å²) in [6, 6.07) is 12.4. The Balaban J connectivity index is 1.83. The smallest absolute Gasteiger partial charge is 0.337 e. The van der Waals surface area contributed by atoms with Gasteiger partial charge in [0.1, 0.15) is 5.03 Å². The first-order valence-corrected chi connectivity index (χ1v) is 8.00. The fourth-order valence-electron chi connectivity index (χ4n) is 2.23. The highest BCUT2D eigenvalue weighted by Crippen LogP contribution is 2.27. The van der Waals surface area contributed by atoms with E-state index in [9.17, 15) is 14.9 Å². The molecule has 0 saturated heterocycles. The van der Waals surface area contributed by atoms with Crippen molar-refractivity contribution in [1.29, 1.82) is 0 Å². The van der Waals surface area contributed by atoms with Crippen LogP contribution in [0.25, 0.3) is 22.6 Å². The summed E-state index contributed by atoms with van der Waals surface area (Å²) in [7, 11) is 1.31. The summed E-state index contributed by atoms with van der Waals surface area (Å²) in [5, 5.41) is 18.8. The van der Waals surface area contributed by atoms with Gasteiger partial charge in [-0.2, -0.15) is 0 Å².